The largest absolute Gasteiger partial charge is 0.370 e. The lowest BCUT2D eigenvalue weighted by Gasteiger charge is -2.16. The van der Waals surface area contributed by atoms with E-state index in [1.165, 1.54) is 50.7 Å². The van der Waals surface area contributed by atoms with E-state index in [1.807, 2.05) is 11.8 Å². The zero-order valence-corrected chi connectivity index (χ0v) is 14.6. The first-order valence-electron chi connectivity index (χ1n) is 6.88. The smallest absolute Gasteiger partial charge is 0.188 e. The number of guanidine groups is 1. The Morgan fingerprint density at radius 3 is 2.50 bits per heavy atom. The topological polar surface area (TPSA) is 50.4 Å². The fraction of sp³-hybridized carbons (Fsp3) is 0.923. The van der Waals surface area contributed by atoms with E-state index in [0.29, 0.717) is 12.0 Å². The molecule has 3 nitrogen and oxygen atoms in total. The first-order chi connectivity index (χ1) is 8.33. The Bertz CT molecular complexity index is 216. The summed E-state index contributed by atoms with van der Waals surface area (Å²) in [7, 11) is 0. The maximum absolute atomic E-state index is 5.90. The second kappa shape index (κ2) is 12.4. The number of hydrogen-bond donors (Lipinski definition) is 2. The van der Waals surface area contributed by atoms with Crippen molar-refractivity contribution in [1.29, 1.82) is 0 Å². The Balaban J connectivity index is 0.00000289. The first-order valence-corrected chi connectivity index (χ1v) is 8.27. The van der Waals surface area contributed by atoms with Crippen LogP contribution in [-0.2, 0) is 0 Å². The summed E-state index contributed by atoms with van der Waals surface area (Å²) in [4.78, 5) is 4.39. The summed E-state index contributed by atoms with van der Waals surface area (Å²) in [6.45, 7) is 0.867. The molecule has 3 N–H and O–H groups in total. The van der Waals surface area contributed by atoms with Crippen LogP contribution in [0, 0.1) is 0 Å². The molecule has 0 aromatic heterocycles. The van der Waals surface area contributed by atoms with Crippen molar-refractivity contribution < 1.29 is 0 Å². The Morgan fingerprint density at radius 2 is 1.89 bits per heavy atom. The van der Waals surface area contributed by atoms with Gasteiger partial charge >= 0.3 is 0 Å². The van der Waals surface area contributed by atoms with Crippen LogP contribution in [0.15, 0.2) is 4.99 Å². The third-order valence-electron chi connectivity index (χ3n) is 3.25. The van der Waals surface area contributed by atoms with Crippen LogP contribution >= 0.6 is 35.7 Å². The normalized spacial score (nSPS) is 17.9. The SMILES string of the molecule is CSCCCCN=C(N)NC1CCCCCC1.I. The van der Waals surface area contributed by atoms with Crippen LogP contribution in [0.5, 0.6) is 0 Å². The number of thioether (sulfide) groups is 1. The molecule has 0 saturated heterocycles. The van der Waals surface area contributed by atoms with Gasteiger partial charge in [0.1, 0.15) is 0 Å². The third kappa shape index (κ3) is 9.30. The highest BCUT2D eigenvalue weighted by Gasteiger charge is 2.11. The van der Waals surface area contributed by atoms with Gasteiger partial charge in [-0.2, -0.15) is 11.8 Å². The summed E-state index contributed by atoms with van der Waals surface area (Å²) in [5.41, 5.74) is 5.90. The predicted molar refractivity (Wildman–Crippen MR) is 94.1 cm³/mol. The molecule has 0 aromatic rings. The van der Waals surface area contributed by atoms with Crippen molar-refractivity contribution in [2.24, 2.45) is 10.7 Å². The van der Waals surface area contributed by atoms with Gasteiger partial charge in [0.05, 0.1) is 0 Å². The first kappa shape index (κ1) is 18.4. The molecule has 1 aliphatic carbocycles. The average molecular weight is 385 g/mol. The molecule has 0 amide bonds. The van der Waals surface area contributed by atoms with Crippen molar-refractivity contribution >= 4 is 41.7 Å². The van der Waals surface area contributed by atoms with Crippen molar-refractivity contribution in [2.45, 2.75) is 57.4 Å². The fourth-order valence-corrected chi connectivity index (χ4v) is 2.73. The highest BCUT2D eigenvalue weighted by Crippen LogP contribution is 2.16. The van der Waals surface area contributed by atoms with E-state index in [1.54, 1.807) is 0 Å². The van der Waals surface area contributed by atoms with Gasteiger partial charge in [-0.15, -0.1) is 24.0 Å². The molecule has 5 heteroatoms. The number of unbranched alkanes of at least 4 members (excludes halogenated alkanes) is 1. The van der Waals surface area contributed by atoms with Gasteiger partial charge in [0.2, 0.25) is 0 Å². The molecule has 0 radical (unpaired) electrons. The van der Waals surface area contributed by atoms with E-state index >= 15 is 0 Å². The minimum atomic E-state index is 0. The Morgan fingerprint density at radius 1 is 1.22 bits per heavy atom. The standard InChI is InChI=1S/C13H27N3S.HI/c1-17-11-7-6-10-15-13(14)16-12-8-4-2-3-5-9-12;/h12H,2-11H2,1H3,(H3,14,15,16);1H. The second-order valence-corrected chi connectivity index (χ2v) is 5.79. The summed E-state index contributed by atoms with van der Waals surface area (Å²) >= 11 is 1.90. The zero-order valence-electron chi connectivity index (χ0n) is 11.5. The van der Waals surface area contributed by atoms with Crippen LogP contribution in [0.3, 0.4) is 0 Å². The number of nitrogens with two attached hydrogens (primary N) is 1. The average Bonchev–Trinajstić information content (AvgIpc) is 2.57. The van der Waals surface area contributed by atoms with Gasteiger partial charge in [-0.1, -0.05) is 25.7 Å². The minimum Gasteiger partial charge on any atom is -0.370 e. The van der Waals surface area contributed by atoms with E-state index < -0.39 is 0 Å². The minimum absolute atomic E-state index is 0. The number of rotatable bonds is 6. The van der Waals surface area contributed by atoms with Crippen molar-refractivity contribution in [3.05, 3.63) is 0 Å². The van der Waals surface area contributed by atoms with Crippen LogP contribution in [0.25, 0.3) is 0 Å². The molecular formula is C13H28IN3S. The molecule has 0 unspecified atom stereocenters. The Kier molecular flexibility index (Phi) is 12.6. The summed E-state index contributed by atoms with van der Waals surface area (Å²) < 4.78 is 0. The van der Waals surface area contributed by atoms with Gasteiger partial charge in [0.15, 0.2) is 5.96 Å². The van der Waals surface area contributed by atoms with E-state index in [0.717, 1.165) is 13.0 Å². The van der Waals surface area contributed by atoms with Gasteiger partial charge in [-0.05, 0) is 37.7 Å². The van der Waals surface area contributed by atoms with Crippen LogP contribution in [-0.4, -0.2) is 30.6 Å². The van der Waals surface area contributed by atoms with E-state index in [4.69, 9.17) is 5.73 Å². The molecule has 0 heterocycles. The number of nitrogens with one attached hydrogen (secondary N) is 1. The van der Waals surface area contributed by atoms with Crippen LogP contribution in [0.4, 0.5) is 0 Å². The van der Waals surface area contributed by atoms with E-state index in [9.17, 15) is 0 Å². The molecule has 0 spiro atoms. The molecule has 0 aromatic carbocycles. The van der Waals surface area contributed by atoms with Crippen molar-refractivity contribution in [3.63, 3.8) is 0 Å². The lowest BCUT2D eigenvalue weighted by Crippen LogP contribution is -2.39. The van der Waals surface area contributed by atoms with Gasteiger partial charge in [-0.25, -0.2) is 0 Å². The Labute approximate surface area is 133 Å². The lowest BCUT2D eigenvalue weighted by atomic mass is 10.1. The molecule has 108 valence electrons. The number of aliphatic imine (C=N–C) groups is 1. The van der Waals surface area contributed by atoms with Crippen LogP contribution in [0.1, 0.15) is 51.4 Å². The van der Waals surface area contributed by atoms with Gasteiger partial charge in [-0.3, -0.25) is 4.99 Å². The highest BCUT2D eigenvalue weighted by molar-refractivity contribution is 14.0. The molecule has 0 aliphatic heterocycles. The summed E-state index contributed by atoms with van der Waals surface area (Å²) in [5.74, 6) is 1.88. The van der Waals surface area contributed by atoms with Crippen molar-refractivity contribution in [2.75, 3.05) is 18.6 Å². The molecular weight excluding hydrogens is 357 g/mol. The molecule has 1 aliphatic rings. The summed E-state index contributed by atoms with van der Waals surface area (Å²) in [6, 6.07) is 0.562. The monoisotopic (exact) mass is 385 g/mol. The molecule has 1 rings (SSSR count). The van der Waals surface area contributed by atoms with Crippen molar-refractivity contribution in [1.82, 2.24) is 5.32 Å². The lowest BCUT2D eigenvalue weighted by molar-refractivity contribution is 0.530. The molecule has 0 bridgehead atoms. The molecule has 0 atom stereocenters. The fourth-order valence-electron chi connectivity index (χ4n) is 2.24. The number of halogens is 1. The maximum Gasteiger partial charge on any atom is 0.188 e. The highest BCUT2D eigenvalue weighted by atomic mass is 127. The maximum atomic E-state index is 5.90. The third-order valence-corrected chi connectivity index (χ3v) is 3.94. The Hall–Kier alpha value is 0.350. The zero-order chi connectivity index (χ0) is 12.3. The van der Waals surface area contributed by atoms with Gasteiger partial charge in [0.25, 0.3) is 0 Å². The van der Waals surface area contributed by atoms with Crippen LogP contribution in [0.2, 0.25) is 0 Å². The molecule has 18 heavy (non-hydrogen) atoms. The van der Waals surface area contributed by atoms with E-state index in [2.05, 4.69) is 16.6 Å². The molecule has 1 saturated carbocycles. The van der Waals surface area contributed by atoms with E-state index in [-0.39, 0.29) is 24.0 Å². The van der Waals surface area contributed by atoms with Crippen LogP contribution < -0.4 is 11.1 Å². The molecule has 1 fully saturated rings. The number of hydrogen-bond acceptors (Lipinski definition) is 2. The summed E-state index contributed by atoms with van der Waals surface area (Å²) in [6.07, 6.45) is 12.5. The predicted octanol–water partition coefficient (Wildman–Crippen LogP) is 3.37. The second-order valence-electron chi connectivity index (χ2n) is 4.80. The van der Waals surface area contributed by atoms with Gasteiger partial charge in [0, 0.05) is 12.6 Å². The van der Waals surface area contributed by atoms with Gasteiger partial charge < -0.3 is 11.1 Å². The number of nitrogens with zero attached hydrogens (tertiary/aromatic N) is 1. The quantitative estimate of drug-likeness (QED) is 0.242. The van der Waals surface area contributed by atoms with Crippen molar-refractivity contribution in [3.8, 4) is 0 Å². The summed E-state index contributed by atoms with van der Waals surface area (Å²) in [5, 5.41) is 3.37.